The summed E-state index contributed by atoms with van der Waals surface area (Å²) >= 11 is 3.09. The summed E-state index contributed by atoms with van der Waals surface area (Å²) in [5, 5.41) is 9.37. The summed E-state index contributed by atoms with van der Waals surface area (Å²) in [4.78, 5) is 3.81. The molecule has 1 aromatic carbocycles. The Morgan fingerprint density at radius 2 is 2.14 bits per heavy atom. The molecule has 0 unspecified atom stereocenters. The van der Waals surface area contributed by atoms with Crippen molar-refractivity contribution in [3.63, 3.8) is 0 Å². The van der Waals surface area contributed by atoms with E-state index in [9.17, 15) is 5.11 Å². The van der Waals surface area contributed by atoms with Gasteiger partial charge in [-0.15, -0.1) is 0 Å². The van der Waals surface area contributed by atoms with E-state index in [0.717, 1.165) is 0 Å². The van der Waals surface area contributed by atoms with E-state index in [1.807, 2.05) is 0 Å². The molecule has 0 aliphatic heterocycles. The molecule has 0 amide bonds. The summed E-state index contributed by atoms with van der Waals surface area (Å²) < 4.78 is 10.7. The van der Waals surface area contributed by atoms with Gasteiger partial charge in [-0.25, -0.2) is 0 Å². The number of hydrogen-bond donors (Lipinski definition) is 1. The van der Waals surface area contributed by atoms with Crippen molar-refractivity contribution in [3.8, 4) is 17.6 Å². The zero-order chi connectivity index (χ0) is 9.97. The summed E-state index contributed by atoms with van der Waals surface area (Å²) in [5.74, 6) is 0.351. The summed E-state index contributed by atoms with van der Waals surface area (Å²) in [6, 6.07) is 6.58. The van der Waals surface area contributed by atoms with Crippen LogP contribution < -0.4 is 4.74 Å². The largest absolute Gasteiger partial charge is 0.504 e. The molecule has 2 rings (SSSR count). The molecule has 0 saturated heterocycles. The van der Waals surface area contributed by atoms with Gasteiger partial charge in [0.1, 0.15) is 0 Å². The first kappa shape index (κ1) is 9.08. The fraction of sp³-hybridized carbons (Fsp3) is 0. The number of phenolic OH excluding ortho intramolecular Hbond substituents is 1. The second-order valence-corrected chi connectivity index (χ2v) is 3.28. The van der Waals surface area contributed by atoms with Gasteiger partial charge in [-0.1, -0.05) is 12.1 Å². The predicted octanol–water partition coefficient (Wildman–Crippen LogP) is 2.94. The number of oxazole rings is 1. The number of aromatic hydroxyl groups is 1. The van der Waals surface area contributed by atoms with Crippen molar-refractivity contribution in [2.45, 2.75) is 0 Å². The molecule has 0 aliphatic rings. The first-order chi connectivity index (χ1) is 6.75. The van der Waals surface area contributed by atoms with Crippen molar-refractivity contribution in [1.82, 2.24) is 4.98 Å². The van der Waals surface area contributed by atoms with Gasteiger partial charge < -0.3 is 14.3 Å². The molecule has 14 heavy (non-hydrogen) atoms. The van der Waals surface area contributed by atoms with Crippen LogP contribution in [0.3, 0.4) is 0 Å². The molecule has 0 saturated carbocycles. The van der Waals surface area contributed by atoms with Crippen LogP contribution in [-0.2, 0) is 0 Å². The van der Waals surface area contributed by atoms with Crippen molar-refractivity contribution in [2.24, 2.45) is 0 Å². The summed E-state index contributed by atoms with van der Waals surface area (Å²) in [5.41, 5.74) is 0. The fourth-order valence-electron chi connectivity index (χ4n) is 0.924. The molecule has 0 bridgehead atoms. The Bertz CT molecular complexity index is 441. The average molecular weight is 256 g/mol. The third-order valence-electron chi connectivity index (χ3n) is 1.52. The minimum atomic E-state index is 0.0434. The highest BCUT2D eigenvalue weighted by Crippen LogP contribution is 2.30. The lowest BCUT2D eigenvalue weighted by Crippen LogP contribution is -1.83. The first-order valence-electron chi connectivity index (χ1n) is 3.83. The zero-order valence-electron chi connectivity index (χ0n) is 6.98. The number of hydrogen-bond acceptors (Lipinski definition) is 4. The summed E-state index contributed by atoms with van der Waals surface area (Å²) in [6.45, 7) is 0. The lowest BCUT2D eigenvalue weighted by molar-refractivity contribution is 0.310. The topological polar surface area (TPSA) is 55.5 Å². The third kappa shape index (κ3) is 1.88. The van der Waals surface area contributed by atoms with Crippen LogP contribution in [0.1, 0.15) is 0 Å². The van der Waals surface area contributed by atoms with Crippen LogP contribution in [0, 0.1) is 0 Å². The maximum absolute atomic E-state index is 9.37. The van der Waals surface area contributed by atoms with Gasteiger partial charge in [-0.05, 0) is 28.1 Å². The number of aromatic nitrogens is 1. The highest BCUT2D eigenvalue weighted by atomic mass is 79.9. The quantitative estimate of drug-likeness (QED) is 0.897. The van der Waals surface area contributed by atoms with Gasteiger partial charge in [-0.3, -0.25) is 0 Å². The lowest BCUT2D eigenvalue weighted by atomic mass is 10.3. The van der Waals surface area contributed by atoms with Crippen molar-refractivity contribution >= 4 is 15.9 Å². The number of phenols is 1. The molecule has 5 heteroatoms. The van der Waals surface area contributed by atoms with Gasteiger partial charge in [0, 0.05) is 0 Å². The fourth-order valence-corrected chi connectivity index (χ4v) is 1.17. The third-order valence-corrected chi connectivity index (χ3v) is 1.89. The van der Waals surface area contributed by atoms with Gasteiger partial charge >= 0.3 is 6.08 Å². The number of halogens is 1. The normalized spacial score (nSPS) is 10.1. The zero-order valence-corrected chi connectivity index (χ0v) is 8.56. The smallest absolute Gasteiger partial charge is 0.400 e. The van der Waals surface area contributed by atoms with Crippen molar-refractivity contribution in [3.05, 3.63) is 35.1 Å². The molecule has 0 spiro atoms. The molecule has 4 nitrogen and oxygen atoms in total. The molecule has 72 valence electrons. The predicted molar refractivity (Wildman–Crippen MR) is 52.4 cm³/mol. The van der Waals surface area contributed by atoms with Gasteiger partial charge in [-0.2, -0.15) is 4.98 Å². The highest BCUT2D eigenvalue weighted by Gasteiger charge is 2.06. The van der Waals surface area contributed by atoms with Crippen LogP contribution in [0.4, 0.5) is 0 Å². The molecular formula is C9H6BrNO3. The Balaban J connectivity index is 2.23. The van der Waals surface area contributed by atoms with Crippen LogP contribution in [0.25, 0.3) is 0 Å². The standard InChI is InChI=1S/C9H6BrNO3/c10-8-5-11-9(14-8)13-7-4-2-1-3-6(7)12/h1-5,12H. The molecule has 1 heterocycles. The van der Waals surface area contributed by atoms with Crippen LogP contribution >= 0.6 is 15.9 Å². The summed E-state index contributed by atoms with van der Waals surface area (Å²) in [6.07, 6.45) is 1.55. The molecule has 0 fully saturated rings. The number of nitrogens with zero attached hydrogens (tertiary/aromatic N) is 1. The van der Waals surface area contributed by atoms with E-state index >= 15 is 0 Å². The van der Waals surface area contributed by atoms with E-state index in [2.05, 4.69) is 20.9 Å². The Labute approximate surface area is 88.3 Å². The van der Waals surface area contributed by atoms with E-state index in [1.54, 1.807) is 18.2 Å². The van der Waals surface area contributed by atoms with Crippen molar-refractivity contribution in [1.29, 1.82) is 0 Å². The number of rotatable bonds is 2. The lowest BCUT2D eigenvalue weighted by Gasteiger charge is -2.01. The average Bonchev–Trinajstić information content (AvgIpc) is 2.56. The van der Waals surface area contributed by atoms with E-state index in [1.165, 1.54) is 12.3 Å². The van der Waals surface area contributed by atoms with Crippen LogP contribution in [0.5, 0.6) is 17.6 Å². The molecule has 0 atom stereocenters. The van der Waals surface area contributed by atoms with Gasteiger partial charge in [0.15, 0.2) is 16.2 Å². The second-order valence-electron chi connectivity index (χ2n) is 2.50. The van der Waals surface area contributed by atoms with Gasteiger partial charge in [0.05, 0.1) is 6.20 Å². The van der Waals surface area contributed by atoms with Crippen molar-refractivity contribution < 1.29 is 14.3 Å². The van der Waals surface area contributed by atoms with E-state index in [-0.39, 0.29) is 11.8 Å². The van der Waals surface area contributed by atoms with Gasteiger partial charge in [0.25, 0.3) is 0 Å². The van der Waals surface area contributed by atoms with Crippen LogP contribution in [0.15, 0.2) is 39.5 Å². The molecule has 0 radical (unpaired) electrons. The number of para-hydroxylation sites is 2. The monoisotopic (exact) mass is 255 g/mol. The Kier molecular flexibility index (Phi) is 2.41. The van der Waals surface area contributed by atoms with Crippen LogP contribution in [0.2, 0.25) is 0 Å². The first-order valence-corrected chi connectivity index (χ1v) is 4.62. The minimum Gasteiger partial charge on any atom is -0.504 e. The molecule has 1 aromatic heterocycles. The molecular weight excluding hydrogens is 250 g/mol. The molecule has 2 aromatic rings. The maximum atomic E-state index is 9.37. The van der Waals surface area contributed by atoms with E-state index in [0.29, 0.717) is 10.4 Å². The van der Waals surface area contributed by atoms with Crippen LogP contribution in [-0.4, -0.2) is 10.1 Å². The second kappa shape index (κ2) is 3.71. The van der Waals surface area contributed by atoms with E-state index < -0.39 is 0 Å². The van der Waals surface area contributed by atoms with Gasteiger partial charge in [0.2, 0.25) is 0 Å². The maximum Gasteiger partial charge on any atom is 0.400 e. The minimum absolute atomic E-state index is 0.0434. The number of ether oxygens (including phenoxy) is 1. The molecule has 1 N–H and O–H groups in total. The van der Waals surface area contributed by atoms with E-state index in [4.69, 9.17) is 9.15 Å². The number of benzene rings is 1. The van der Waals surface area contributed by atoms with Crippen molar-refractivity contribution in [2.75, 3.05) is 0 Å². The highest BCUT2D eigenvalue weighted by molar-refractivity contribution is 9.10. The SMILES string of the molecule is Oc1ccccc1Oc1ncc(Br)o1. The Morgan fingerprint density at radius 1 is 1.36 bits per heavy atom. The Hall–Kier alpha value is -1.49. The summed E-state index contributed by atoms with van der Waals surface area (Å²) in [7, 11) is 0. The Morgan fingerprint density at radius 3 is 2.79 bits per heavy atom. The molecule has 0 aliphatic carbocycles.